The molecule has 0 aliphatic rings. The molecule has 0 spiro atoms. The summed E-state index contributed by atoms with van der Waals surface area (Å²) in [6.07, 6.45) is 1.73. The highest BCUT2D eigenvalue weighted by Crippen LogP contribution is 2.31. The second-order valence-corrected chi connectivity index (χ2v) is 4.63. The number of rotatable bonds is 4. The lowest BCUT2D eigenvalue weighted by Crippen LogP contribution is -2.16. The Balaban J connectivity index is 2.20. The van der Waals surface area contributed by atoms with Gasteiger partial charge in [0.1, 0.15) is 6.61 Å². The van der Waals surface area contributed by atoms with Crippen molar-refractivity contribution in [3.8, 4) is 10.6 Å². The summed E-state index contributed by atoms with van der Waals surface area (Å²) in [6, 6.07) is 5.70. The lowest BCUT2D eigenvalue weighted by Gasteiger charge is -1.98. The molecule has 0 fully saturated rings. The molecule has 94 valence electrons. The van der Waals surface area contributed by atoms with Crippen molar-refractivity contribution in [1.82, 2.24) is 9.97 Å². The maximum absolute atomic E-state index is 11.4. The zero-order valence-electron chi connectivity index (χ0n) is 10.1. The smallest absolute Gasteiger partial charge is 0.252 e. The van der Waals surface area contributed by atoms with Gasteiger partial charge >= 0.3 is 0 Å². The van der Waals surface area contributed by atoms with Gasteiger partial charge in [0.15, 0.2) is 5.13 Å². The Bertz CT molecular complexity index is 540. The highest BCUT2D eigenvalue weighted by molar-refractivity contribution is 7.19. The number of hydrogen-bond acceptors (Lipinski definition) is 5. The fraction of sp³-hybridized carbons (Fsp3) is 0.250. The molecule has 2 aromatic heterocycles. The summed E-state index contributed by atoms with van der Waals surface area (Å²) in [5.74, 6) is -0.209. The molecule has 6 heteroatoms. The van der Waals surface area contributed by atoms with E-state index in [1.165, 1.54) is 18.4 Å². The first-order valence-electron chi connectivity index (χ1n) is 5.38. The third-order valence-corrected chi connectivity index (χ3v) is 3.31. The minimum absolute atomic E-state index is 0.0253. The van der Waals surface area contributed by atoms with E-state index in [1.807, 2.05) is 25.1 Å². The van der Waals surface area contributed by atoms with Crippen LogP contribution in [0.1, 0.15) is 5.69 Å². The minimum Gasteiger partial charge on any atom is -0.375 e. The van der Waals surface area contributed by atoms with Crippen molar-refractivity contribution < 1.29 is 9.53 Å². The second-order valence-electron chi connectivity index (χ2n) is 3.63. The number of amides is 1. The maximum Gasteiger partial charge on any atom is 0.252 e. The van der Waals surface area contributed by atoms with E-state index in [1.54, 1.807) is 6.20 Å². The summed E-state index contributed by atoms with van der Waals surface area (Å²) in [5.41, 5.74) is 1.71. The number of hydrogen-bond donors (Lipinski definition) is 1. The van der Waals surface area contributed by atoms with Crippen molar-refractivity contribution in [2.75, 3.05) is 19.0 Å². The molecule has 1 amide bonds. The van der Waals surface area contributed by atoms with Crippen LogP contribution in [0.2, 0.25) is 0 Å². The van der Waals surface area contributed by atoms with Gasteiger partial charge in [-0.25, -0.2) is 4.98 Å². The highest BCUT2D eigenvalue weighted by Gasteiger charge is 2.12. The van der Waals surface area contributed by atoms with Crippen LogP contribution in [-0.2, 0) is 9.53 Å². The number of thiazole rings is 1. The van der Waals surface area contributed by atoms with Crippen molar-refractivity contribution in [1.29, 1.82) is 0 Å². The monoisotopic (exact) mass is 263 g/mol. The molecule has 0 aromatic carbocycles. The van der Waals surface area contributed by atoms with Crippen LogP contribution in [0.5, 0.6) is 0 Å². The van der Waals surface area contributed by atoms with Gasteiger partial charge in [0.25, 0.3) is 5.91 Å². The number of nitrogens with one attached hydrogen (secondary N) is 1. The molecule has 5 nitrogen and oxygen atoms in total. The predicted molar refractivity (Wildman–Crippen MR) is 70.6 cm³/mol. The topological polar surface area (TPSA) is 64.1 Å². The predicted octanol–water partition coefficient (Wildman–Crippen LogP) is 2.10. The van der Waals surface area contributed by atoms with Crippen LogP contribution >= 0.6 is 11.3 Å². The summed E-state index contributed by atoms with van der Waals surface area (Å²) in [6.45, 7) is 1.92. The number of methoxy groups -OCH3 is 1. The molecule has 2 heterocycles. The van der Waals surface area contributed by atoms with Crippen LogP contribution < -0.4 is 5.32 Å². The Kier molecular flexibility index (Phi) is 4.01. The standard InChI is InChI=1S/C12H13N3O2S/c1-8-11(9-5-3-4-6-13-9)18-12(14-8)15-10(16)7-17-2/h3-6H,7H2,1-2H3,(H,14,15,16). The molecule has 0 aliphatic carbocycles. The molecule has 2 aromatic rings. The Morgan fingerprint density at radius 3 is 3.00 bits per heavy atom. The number of anilines is 1. The Morgan fingerprint density at radius 1 is 1.50 bits per heavy atom. The highest BCUT2D eigenvalue weighted by atomic mass is 32.1. The first-order valence-corrected chi connectivity index (χ1v) is 6.20. The van der Waals surface area contributed by atoms with Crippen LogP contribution in [0.4, 0.5) is 5.13 Å². The van der Waals surface area contributed by atoms with Crippen LogP contribution in [-0.4, -0.2) is 29.6 Å². The van der Waals surface area contributed by atoms with Gasteiger partial charge in [0.05, 0.1) is 16.3 Å². The summed E-state index contributed by atoms with van der Waals surface area (Å²) >= 11 is 1.41. The van der Waals surface area contributed by atoms with E-state index in [9.17, 15) is 4.79 Å². The largest absolute Gasteiger partial charge is 0.375 e. The minimum atomic E-state index is -0.209. The summed E-state index contributed by atoms with van der Waals surface area (Å²) in [7, 11) is 1.48. The molecule has 0 saturated carbocycles. The van der Waals surface area contributed by atoms with Crippen molar-refractivity contribution in [3.05, 3.63) is 30.1 Å². The molecule has 0 radical (unpaired) electrons. The molecule has 1 N–H and O–H groups in total. The van der Waals surface area contributed by atoms with Crippen molar-refractivity contribution in [3.63, 3.8) is 0 Å². The van der Waals surface area contributed by atoms with Gasteiger partial charge in [0, 0.05) is 13.3 Å². The lowest BCUT2D eigenvalue weighted by molar-refractivity contribution is -0.119. The summed E-state index contributed by atoms with van der Waals surface area (Å²) in [4.78, 5) is 20.9. The Morgan fingerprint density at radius 2 is 2.33 bits per heavy atom. The van der Waals surface area contributed by atoms with Crippen molar-refractivity contribution in [2.24, 2.45) is 0 Å². The molecule has 0 bridgehead atoms. The summed E-state index contributed by atoms with van der Waals surface area (Å²) < 4.78 is 4.75. The maximum atomic E-state index is 11.4. The molecule has 2 rings (SSSR count). The van der Waals surface area contributed by atoms with Gasteiger partial charge < -0.3 is 4.74 Å². The molecular weight excluding hydrogens is 250 g/mol. The molecule has 0 aliphatic heterocycles. The summed E-state index contributed by atoms with van der Waals surface area (Å²) in [5, 5.41) is 3.25. The lowest BCUT2D eigenvalue weighted by atomic mass is 10.3. The zero-order chi connectivity index (χ0) is 13.0. The normalized spacial score (nSPS) is 10.3. The number of carbonyl (C=O) groups is 1. The molecule has 0 saturated heterocycles. The van der Waals surface area contributed by atoms with Crippen LogP contribution in [0.3, 0.4) is 0 Å². The average Bonchev–Trinajstić information content (AvgIpc) is 2.71. The molecule has 0 atom stereocenters. The van der Waals surface area contributed by atoms with E-state index in [-0.39, 0.29) is 12.5 Å². The van der Waals surface area contributed by atoms with Crippen LogP contribution in [0, 0.1) is 6.92 Å². The number of carbonyl (C=O) groups excluding carboxylic acids is 1. The van der Waals surface area contributed by atoms with Crippen molar-refractivity contribution >= 4 is 22.4 Å². The fourth-order valence-corrected chi connectivity index (χ4v) is 2.43. The van der Waals surface area contributed by atoms with Crippen LogP contribution in [0.15, 0.2) is 24.4 Å². The SMILES string of the molecule is COCC(=O)Nc1nc(C)c(-c2ccccn2)s1. The van der Waals surface area contributed by atoms with E-state index in [0.29, 0.717) is 5.13 Å². The van der Waals surface area contributed by atoms with Gasteiger partial charge in [-0.15, -0.1) is 0 Å². The van der Waals surface area contributed by atoms with E-state index in [0.717, 1.165) is 16.3 Å². The number of pyridine rings is 1. The first-order chi connectivity index (χ1) is 8.70. The van der Waals surface area contributed by atoms with E-state index >= 15 is 0 Å². The van der Waals surface area contributed by atoms with Crippen LogP contribution in [0.25, 0.3) is 10.6 Å². The third-order valence-electron chi connectivity index (χ3n) is 2.22. The average molecular weight is 263 g/mol. The third kappa shape index (κ3) is 2.91. The first kappa shape index (κ1) is 12.7. The molecule has 0 unspecified atom stereocenters. The van der Waals surface area contributed by atoms with E-state index < -0.39 is 0 Å². The van der Waals surface area contributed by atoms with Gasteiger partial charge in [-0.1, -0.05) is 17.4 Å². The Labute approximate surface area is 109 Å². The zero-order valence-corrected chi connectivity index (χ0v) is 11.0. The quantitative estimate of drug-likeness (QED) is 0.917. The van der Waals surface area contributed by atoms with E-state index in [2.05, 4.69) is 15.3 Å². The second kappa shape index (κ2) is 5.70. The Hall–Kier alpha value is -1.79. The van der Waals surface area contributed by atoms with Gasteiger partial charge in [0.2, 0.25) is 0 Å². The number of nitrogens with zero attached hydrogens (tertiary/aromatic N) is 2. The van der Waals surface area contributed by atoms with Gasteiger partial charge in [-0.05, 0) is 19.1 Å². The van der Waals surface area contributed by atoms with Crippen molar-refractivity contribution in [2.45, 2.75) is 6.92 Å². The van der Waals surface area contributed by atoms with Gasteiger partial charge in [-0.2, -0.15) is 0 Å². The van der Waals surface area contributed by atoms with Gasteiger partial charge in [-0.3, -0.25) is 15.1 Å². The number of aryl methyl sites for hydroxylation is 1. The number of aromatic nitrogens is 2. The van der Waals surface area contributed by atoms with E-state index in [4.69, 9.17) is 4.74 Å². The fourth-order valence-electron chi connectivity index (χ4n) is 1.47. The molecule has 18 heavy (non-hydrogen) atoms. The number of ether oxygens (including phenoxy) is 1. The molecular formula is C12H13N3O2S.